The average molecular weight is 208 g/mol. The molecule has 0 atom stereocenters. The maximum absolute atomic E-state index is 13.4. The Morgan fingerprint density at radius 2 is 2.00 bits per heavy atom. The molecule has 0 amide bonds. The Hall–Kier alpha value is -1.18. The topological polar surface area (TPSA) is 17.1 Å². The van der Waals surface area contributed by atoms with Crippen LogP contribution >= 0.6 is 0 Å². The van der Waals surface area contributed by atoms with Gasteiger partial charge >= 0.3 is 0 Å². The van der Waals surface area contributed by atoms with Crippen molar-refractivity contribution >= 4 is 5.78 Å². The highest BCUT2D eigenvalue weighted by atomic mass is 19.1. The molecule has 0 aliphatic heterocycles. The first-order chi connectivity index (χ1) is 6.83. The largest absolute Gasteiger partial charge is 0.300 e. The fourth-order valence-electron chi connectivity index (χ4n) is 1.74. The van der Waals surface area contributed by atoms with Gasteiger partial charge in [-0.1, -0.05) is 26.0 Å². The summed E-state index contributed by atoms with van der Waals surface area (Å²) in [5.41, 5.74) is 1.22. The summed E-state index contributed by atoms with van der Waals surface area (Å²) in [6.07, 6.45) is 0.440. The van der Waals surface area contributed by atoms with Crippen LogP contribution in [0.5, 0.6) is 0 Å². The number of hydrogen-bond donors (Lipinski definition) is 0. The van der Waals surface area contributed by atoms with Crippen LogP contribution in [0.25, 0.3) is 0 Å². The molecule has 1 aromatic rings. The van der Waals surface area contributed by atoms with Crippen LogP contribution in [0, 0.1) is 12.7 Å². The highest BCUT2D eigenvalue weighted by Crippen LogP contribution is 2.28. The Balaban J connectivity index is 3.04. The van der Waals surface area contributed by atoms with E-state index in [0.717, 1.165) is 5.56 Å². The highest BCUT2D eigenvalue weighted by Gasteiger charge is 2.23. The zero-order valence-corrected chi connectivity index (χ0v) is 9.73. The third-order valence-electron chi connectivity index (χ3n) is 2.64. The minimum absolute atomic E-state index is 0.126. The van der Waals surface area contributed by atoms with Gasteiger partial charge in [-0.15, -0.1) is 0 Å². The van der Waals surface area contributed by atoms with Crippen molar-refractivity contribution in [2.75, 3.05) is 0 Å². The fraction of sp³-hybridized carbons (Fsp3) is 0.462. The van der Waals surface area contributed by atoms with Gasteiger partial charge in [-0.05, 0) is 36.5 Å². The summed E-state index contributed by atoms with van der Waals surface area (Å²) in [6, 6.07) is 5.17. The first-order valence-electron chi connectivity index (χ1n) is 5.09. The summed E-state index contributed by atoms with van der Waals surface area (Å²) < 4.78 is 13.4. The number of carbonyl (C=O) groups excluding carboxylic acids is 1. The molecule has 0 spiro atoms. The van der Waals surface area contributed by atoms with Crippen LogP contribution in [0.3, 0.4) is 0 Å². The van der Waals surface area contributed by atoms with Gasteiger partial charge in [-0.2, -0.15) is 0 Å². The molecule has 0 heterocycles. The van der Waals surface area contributed by atoms with E-state index < -0.39 is 0 Å². The van der Waals surface area contributed by atoms with E-state index in [1.165, 1.54) is 6.07 Å². The number of carbonyl (C=O) groups is 1. The number of aryl methyl sites for hydroxylation is 1. The number of hydrogen-bond acceptors (Lipinski definition) is 1. The van der Waals surface area contributed by atoms with Crippen LogP contribution in [0.1, 0.15) is 38.3 Å². The van der Waals surface area contributed by atoms with E-state index >= 15 is 0 Å². The van der Waals surface area contributed by atoms with Crippen LogP contribution < -0.4 is 0 Å². The molecule has 0 aliphatic carbocycles. The molecule has 1 rings (SSSR count). The Morgan fingerprint density at radius 1 is 1.40 bits per heavy atom. The molecule has 0 unspecified atom stereocenters. The molecule has 82 valence electrons. The third-order valence-corrected chi connectivity index (χ3v) is 2.64. The molecule has 1 nitrogen and oxygen atoms in total. The summed E-state index contributed by atoms with van der Waals surface area (Å²) in [5.74, 6) is -0.0786. The molecule has 0 aliphatic rings. The molecule has 1 aromatic carbocycles. The van der Waals surface area contributed by atoms with E-state index in [4.69, 9.17) is 0 Å². The second-order valence-electron chi connectivity index (χ2n) is 4.73. The number of Topliss-reactive ketones (excluding diaryl/α,β-unsaturated/α-hetero) is 1. The standard InChI is InChI=1S/C13H17FO/c1-9-5-6-11(7-12(9)14)13(3,4)8-10(2)15/h5-7H,8H2,1-4H3. The maximum atomic E-state index is 13.4. The van der Waals surface area contributed by atoms with Crippen molar-refractivity contribution in [3.63, 3.8) is 0 Å². The summed E-state index contributed by atoms with van der Waals surface area (Å²) >= 11 is 0. The van der Waals surface area contributed by atoms with E-state index in [2.05, 4.69) is 0 Å². The lowest BCUT2D eigenvalue weighted by molar-refractivity contribution is -0.118. The smallest absolute Gasteiger partial charge is 0.130 e. The fourth-order valence-corrected chi connectivity index (χ4v) is 1.74. The van der Waals surface area contributed by atoms with Gasteiger partial charge in [0.1, 0.15) is 11.6 Å². The van der Waals surface area contributed by atoms with Crippen LogP contribution in [0.15, 0.2) is 18.2 Å². The van der Waals surface area contributed by atoms with Gasteiger partial charge in [0.05, 0.1) is 0 Å². The lowest BCUT2D eigenvalue weighted by Crippen LogP contribution is -2.20. The quantitative estimate of drug-likeness (QED) is 0.744. The molecule has 0 saturated carbocycles. The van der Waals surface area contributed by atoms with Gasteiger partial charge in [-0.3, -0.25) is 4.79 Å². The molecular formula is C13H17FO. The average Bonchev–Trinajstić information content (AvgIpc) is 2.07. The van der Waals surface area contributed by atoms with Crippen molar-refractivity contribution in [2.24, 2.45) is 0 Å². The van der Waals surface area contributed by atoms with Gasteiger partial charge in [0.25, 0.3) is 0 Å². The Bertz CT molecular complexity index is 380. The second kappa shape index (κ2) is 4.13. The molecule has 0 aromatic heterocycles. The van der Waals surface area contributed by atoms with Gasteiger partial charge < -0.3 is 0 Å². The Kier molecular flexibility index (Phi) is 3.28. The van der Waals surface area contributed by atoms with E-state index in [1.54, 1.807) is 19.9 Å². The van der Waals surface area contributed by atoms with Crippen molar-refractivity contribution in [2.45, 2.75) is 39.5 Å². The van der Waals surface area contributed by atoms with E-state index in [0.29, 0.717) is 12.0 Å². The Labute approximate surface area is 90.3 Å². The first-order valence-corrected chi connectivity index (χ1v) is 5.09. The molecule has 0 N–H and O–H groups in total. The van der Waals surface area contributed by atoms with Crippen LogP contribution in [0.2, 0.25) is 0 Å². The summed E-state index contributed by atoms with van der Waals surface area (Å²) in [4.78, 5) is 11.1. The van der Waals surface area contributed by atoms with Crippen LogP contribution in [-0.2, 0) is 10.2 Å². The van der Waals surface area contributed by atoms with E-state index in [1.807, 2.05) is 19.9 Å². The molecule has 15 heavy (non-hydrogen) atoms. The summed E-state index contributed by atoms with van der Waals surface area (Å²) in [6.45, 7) is 7.21. The first kappa shape index (κ1) is 11.9. The van der Waals surface area contributed by atoms with Crippen molar-refractivity contribution in [1.29, 1.82) is 0 Å². The minimum atomic E-state index is -0.291. The van der Waals surface area contributed by atoms with Crippen molar-refractivity contribution in [3.05, 3.63) is 35.1 Å². The van der Waals surface area contributed by atoms with Gasteiger partial charge in [0.2, 0.25) is 0 Å². The highest BCUT2D eigenvalue weighted by molar-refractivity contribution is 5.77. The predicted molar refractivity (Wildman–Crippen MR) is 59.5 cm³/mol. The van der Waals surface area contributed by atoms with Crippen LogP contribution in [-0.4, -0.2) is 5.78 Å². The van der Waals surface area contributed by atoms with Crippen molar-refractivity contribution in [1.82, 2.24) is 0 Å². The molecule has 2 heteroatoms. The molecule has 0 bridgehead atoms. The van der Waals surface area contributed by atoms with Gasteiger partial charge in [-0.25, -0.2) is 4.39 Å². The monoisotopic (exact) mass is 208 g/mol. The molecule has 0 radical (unpaired) electrons. The van der Waals surface area contributed by atoms with Gasteiger partial charge in [0.15, 0.2) is 0 Å². The number of halogens is 1. The zero-order valence-electron chi connectivity index (χ0n) is 9.73. The third kappa shape index (κ3) is 2.88. The van der Waals surface area contributed by atoms with Crippen molar-refractivity contribution in [3.8, 4) is 0 Å². The predicted octanol–water partition coefficient (Wildman–Crippen LogP) is 3.39. The summed E-state index contributed by atoms with van der Waals surface area (Å²) in [7, 11) is 0. The number of benzene rings is 1. The summed E-state index contributed by atoms with van der Waals surface area (Å²) in [5, 5.41) is 0. The van der Waals surface area contributed by atoms with Crippen molar-refractivity contribution < 1.29 is 9.18 Å². The second-order valence-corrected chi connectivity index (χ2v) is 4.73. The SMILES string of the molecule is CC(=O)CC(C)(C)c1ccc(C)c(F)c1. The molecule has 0 fully saturated rings. The number of rotatable bonds is 3. The molecule has 0 saturated heterocycles. The zero-order chi connectivity index (χ0) is 11.6. The van der Waals surface area contributed by atoms with Crippen LogP contribution in [0.4, 0.5) is 4.39 Å². The normalized spacial score (nSPS) is 11.5. The van der Waals surface area contributed by atoms with E-state index in [-0.39, 0.29) is 17.0 Å². The lowest BCUT2D eigenvalue weighted by Gasteiger charge is -2.24. The lowest BCUT2D eigenvalue weighted by atomic mass is 9.80. The minimum Gasteiger partial charge on any atom is -0.300 e. The van der Waals surface area contributed by atoms with Gasteiger partial charge in [0, 0.05) is 6.42 Å². The van der Waals surface area contributed by atoms with E-state index in [9.17, 15) is 9.18 Å². The maximum Gasteiger partial charge on any atom is 0.130 e. The Morgan fingerprint density at radius 3 is 2.47 bits per heavy atom. The number of ketones is 1. The molecular weight excluding hydrogens is 191 g/mol.